The lowest BCUT2D eigenvalue weighted by molar-refractivity contribution is -0.138. The highest BCUT2D eigenvalue weighted by Gasteiger charge is 2.17. The van der Waals surface area contributed by atoms with E-state index in [4.69, 9.17) is 10.8 Å². The summed E-state index contributed by atoms with van der Waals surface area (Å²) >= 11 is 3.31. The molecule has 21 heavy (non-hydrogen) atoms. The van der Waals surface area contributed by atoms with Gasteiger partial charge in [0.15, 0.2) is 0 Å². The molecule has 0 heterocycles. The van der Waals surface area contributed by atoms with Crippen LogP contribution in [0.1, 0.15) is 37.0 Å². The molecule has 0 fully saturated rings. The molecule has 0 spiro atoms. The van der Waals surface area contributed by atoms with Gasteiger partial charge in [-0.05, 0) is 52.4 Å². The molecular formula is C15H21BrN2O3. The van der Waals surface area contributed by atoms with E-state index in [1.165, 1.54) is 0 Å². The number of nitrogen functional groups attached to an aromatic ring is 1. The molecule has 6 heteroatoms. The number of carbonyl (C=O) groups excluding carboxylic acids is 1. The van der Waals surface area contributed by atoms with Crippen molar-refractivity contribution >= 4 is 33.5 Å². The average Bonchev–Trinajstić information content (AvgIpc) is 2.37. The predicted octanol–water partition coefficient (Wildman–Crippen LogP) is 2.90. The molecule has 116 valence electrons. The number of carbonyl (C=O) groups is 2. The molecule has 0 saturated carbocycles. The number of benzene rings is 1. The Balaban J connectivity index is 2.68. The van der Waals surface area contributed by atoms with E-state index in [1.54, 1.807) is 18.2 Å². The summed E-state index contributed by atoms with van der Waals surface area (Å²) in [6, 6.07) is 5.01. The maximum atomic E-state index is 12.1. The number of halogens is 1. The van der Waals surface area contributed by atoms with Gasteiger partial charge in [0.05, 0.1) is 5.56 Å². The van der Waals surface area contributed by atoms with Crippen molar-refractivity contribution in [3.63, 3.8) is 0 Å². The van der Waals surface area contributed by atoms with Crippen LogP contribution in [0, 0.1) is 11.8 Å². The molecule has 1 aromatic rings. The number of nitrogens with one attached hydrogen (secondary N) is 1. The summed E-state index contributed by atoms with van der Waals surface area (Å²) < 4.78 is 0.660. The fourth-order valence-electron chi connectivity index (χ4n) is 2.20. The third-order valence-corrected chi connectivity index (χ3v) is 3.75. The van der Waals surface area contributed by atoms with Crippen LogP contribution >= 0.6 is 15.9 Å². The fraction of sp³-hybridized carbons (Fsp3) is 0.467. The molecule has 1 unspecified atom stereocenters. The predicted molar refractivity (Wildman–Crippen MR) is 86.1 cm³/mol. The van der Waals surface area contributed by atoms with Gasteiger partial charge in [-0.3, -0.25) is 9.59 Å². The Hall–Kier alpha value is -1.56. The average molecular weight is 357 g/mol. The van der Waals surface area contributed by atoms with Crippen LogP contribution in [-0.4, -0.2) is 23.5 Å². The molecule has 1 aromatic carbocycles. The zero-order chi connectivity index (χ0) is 16.0. The summed E-state index contributed by atoms with van der Waals surface area (Å²) in [4.78, 5) is 23.0. The van der Waals surface area contributed by atoms with E-state index in [1.807, 2.05) is 13.8 Å². The van der Waals surface area contributed by atoms with Gasteiger partial charge in [0.2, 0.25) is 0 Å². The molecule has 4 N–H and O–H groups in total. The van der Waals surface area contributed by atoms with Crippen LogP contribution in [0.5, 0.6) is 0 Å². The molecule has 1 atom stereocenters. The number of anilines is 1. The van der Waals surface area contributed by atoms with Gasteiger partial charge in [0, 0.05) is 23.1 Å². The van der Waals surface area contributed by atoms with Crippen LogP contribution in [0.4, 0.5) is 5.69 Å². The molecule has 0 bridgehead atoms. The molecular weight excluding hydrogens is 336 g/mol. The number of nitrogens with two attached hydrogens (primary N) is 1. The zero-order valence-corrected chi connectivity index (χ0v) is 13.8. The lowest BCUT2D eigenvalue weighted by Crippen LogP contribution is -2.31. The Morgan fingerprint density at radius 3 is 2.62 bits per heavy atom. The molecule has 0 aliphatic heterocycles. The minimum Gasteiger partial charge on any atom is -0.481 e. The quantitative estimate of drug-likeness (QED) is 0.654. The second-order valence-electron chi connectivity index (χ2n) is 5.54. The molecule has 1 amide bonds. The van der Waals surface area contributed by atoms with Crippen LogP contribution < -0.4 is 11.1 Å². The van der Waals surface area contributed by atoms with Gasteiger partial charge < -0.3 is 16.2 Å². The lowest BCUT2D eigenvalue weighted by Gasteiger charge is -2.18. The molecule has 0 aromatic heterocycles. The first kappa shape index (κ1) is 17.5. The summed E-state index contributed by atoms with van der Waals surface area (Å²) in [6.07, 6.45) is 0.807. The van der Waals surface area contributed by atoms with Crippen molar-refractivity contribution in [2.24, 2.45) is 11.8 Å². The number of hydrogen-bond donors (Lipinski definition) is 3. The standard InChI is InChI=1S/C15H21BrN2O3/c1-9(2)5-10(6-14(19)20)8-18-15(21)12-7-11(17)3-4-13(12)16/h3-4,7,9-10H,5-6,8,17H2,1-2H3,(H,18,21)(H,19,20). The molecule has 0 aliphatic carbocycles. The molecule has 0 radical (unpaired) electrons. The van der Waals surface area contributed by atoms with E-state index >= 15 is 0 Å². The van der Waals surface area contributed by atoms with Crippen molar-refractivity contribution in [1.82, 2.24) is 5.32 Å². The van der Waals surface area contributed by atoms with Crippen molar-refractivity contribution in [3.8, 4) is 0 Å². The number of carboxylic acids is 1. The third kappa shape index (κ3) is 6.16. The normalized spacial score (nSPS) is 12.2. The minimum absolute atomic E-state index is 0.0521. The Bertz CT molecular complexity index is 518. The monoisotopic (exact) mass is 356 g/mol. The molecule has 5 nitrogen and oxygen atoms in total. The smallest absolute Gasteiger partial charge is 0.303 e. The Kier molecular flexibility index (Phi) is 6.68. The number of carboxylic acid groups (broad SMARTS) is 1. The number of rotatable bonds is 7. The first-order valence-electron chi connectivity index (χ1n) is 6.84. The van der Waals surface area contributed by atoms with Gasteiger partial charge in [-0.15, -0.1) is 0 Å². The second kappa shape index (κ2) is 8.02. The van der Waals surface area contributed by atoms with Crippen molar-refractivity contribution in [2.75, 3.05) is 12.3 Å². The van der Waals surface area contributed by atoms with E-state index in [9.17, 15) is 9.59 Å². The lowest BCUT2D eigenvalue weighted by atomic mass is 9.94. The highest BCUT2D eigenvalue weighted by Crippen LogP contribution is 2.20. The van der Waals surface area contributed by atoms with Gasteiger partial charge in [-0.2, -0.15) is 0 Å². The highest BCUT2D eigenvalue weighted by atomic mass is 79.9. The van der Waals surface area contributed by atoms with Crippen LogP contribution in [0.25, 0.3) is 0 Å². The summed E-state index contributed by atoms with van der Waals surface area (Å²) in [5, 5.41) is 11.7. The SMILES string of the molecule is CC(C)CC(CNC(=O)c1cc(N)ccc1Br)CC(=O)O. The Morgan fingerprint density at radius 2 is 2.05 bits per heavy atom. The summed E-state index contributed by atoms with van der Waals surface area (Å²) in [6.45, 7) is 4.40. The second-order valence-corrected chi connectivity index (χ2v) is 6.40. The Labute approximate surface area is 133 Å². The van der Waals surface area contributed by atoms with Crippen molar-refractivity contribution in [1.29, 1.82) is 0 Å². The van der Waals surface area contributed by atoms with Gasteiger partial charge in [-0.1, -0.05) is 13.8 Å². The van der Waals surface area contributed by atoms with Crippen LogP contribution in [0.2, 0.25) is 0 Å². The third-order valence-electron chi connectivity index (χ3n) is 3.05. The first-order valence-corrected chi connectivity index (χ1v) is 7.64. The Morgan fingerprint density at radius 1 is 1.38 bits per heavy atom. The van der Waals surface area contributed by atoms with Crippen molar-refractivity contribution in [2.45, 2.75) is 26.7 Å². The van der Waals surface area contributed by atoms with Crippen molar-refractivity contribution in [3.05, 3.63) is 28.2 Å². The minimum atomic E-state index is -0.847. The van der Waals surface area contributed by atoms with E-state index in [0.717, 1.165) is 6.42 Å². The zero-order valence-electron chi connectivity index (χ0n) is 12.2. The topological polar surface area (TPSA) is 92.4 Å². The van der Waals surface area contributed by atoms with Crippen LogP contribution in [0.15, 0.2) is 22.7 Å². The van der Waals surface area contributed by atoms with Crippen molar-refractivity contribution < 1.29 is 14.7 Å². The maximum absolute atomic E-state index is 12.1. The molecule has 0 saturated heterocycles. The van der Waals surface area contributed by atoms with E-state index in [2.05, 4.69) is 21.2 Å². The highest BCUT2D eigenvalue weighted by molar-refractivity contribution is 9.10. The summed E-state index contributed by atoms with van der Waals surface area (Å²) in [5.74, 6) is -0.801. The van der Waals surface area contributed by atoms with Gasteiger partial charge in [-0.25, -0.2) is 0 Å². The van der Waals surface area contributed by atoms with Gasteiger partial charge in [0.1, 0.15) is 0 Å². The van der Waals surface area contributed by atoms with Gasteiger partial charge >= 0.3 is 5.97 Å². The fourth-order valence-corrected chi connectivity index (χ4v) is 2.63. The number of aliphatic carboxylic acids is 1. The summed E-state index contributed by atoms with van der Waals surface area (Å²) in [7, 11) is 0. The largest absolute Gasteiger partial charge is 0.481 e. The number of hydrogen-bond acceptors (Lipinski definition) is 3. The van der Waals surface area contributed by atoms with Crippen LogP contribution in [-0.2, 0) is 4.79 Å². The summed E-state index contributed by atoms with van der Waals surface area (Å²) in [5.41, 5.74) is 6.63. The van der Waals surface area contributed by atoms with E-state index in [0.29, 0.717) is 28.2 Å². The maximum Gasteiger partial charge on any atom is 0.303 e. The van der Waals surface area contributed by atoms with Gasteiger partial charge in [0.25, 0.3) is 5.91 Å². The van der Waals surface area contributed by atoms with E-state index < -0.39 is 5.97 Å². The van der Waals surface area contributed by atoms with Crippen LogP contribution in [0.3, 0.4) is 0 Å². The molecule has 1 rings (SSSR count). The van der Waals surface area contributed by atoms with E-state index in [-0.39, 0.29) is 18.2 Å². The first-order chi connectivity index (χ1) is 9.79. The number of amides is 1. The molecule has 0 aliphatic rings.